The number of allylic oxidation sites excluding steroid dienone is 1. The molecule has 0 saturated carbocycles. The van der Waals surface area contributed by atoms with Gasteiger partial charge in [-0.3, -0.25) is 0 Å². The molecule has 0 unspecified atom stereocenters. The van der Waals surface area contributed by atoms with Gasteiger partial charge in [-0.2, -0.15) is 0 Å². The number of nitrogens with zero attached hydrogens (tertiary/aromatic N) is 1. The van der Waals surface area contributed by atoms with Crippen molar-refractivity contribution >= 4 is 0 Å². The second-order valence-corrected chi connectivity index (χ2v) is 4.68. The van der Waals surface area contributed by atoms with Gasteiger partial charge < -0.3 is 4.90 Å². The van der Waals surface area contributed by atoms with Crippen LogP contribution in [0.4, 0.5) is 0 Å². The molecule has 0 amide bonds. The molecule has 1 heterocycles. The fourth-order valence-corrected chi connectivity index (χ4v) is 2.74. The smallest absolute Gasteiger partial charge is 0.00134 e. The van der Waals surface area contributed by atoms with Crippen molar-refractivity contribution in [1.29, 1.82) is 0 Å². The van der Waals surface area contributed by atoms with E-state index in [9.17, 15) is 0 Å². The van der Waals surface area contributed by atoms with Crippen molar-refractivity contribution in [3.63, 3.8) is 0 Å². The van der Waals surface area contributed by atoms with Crippen LogP contribution in [0.3, 0.4) is 0 Å². The molecule has 1 rings (SSSR count). The molecule has 14 heavy (non-hydrogen) atoms. The summed E-state index contributed by atoms with van der Waals surface area (Å²) in [6.07, 6.45) is 8.80. The molecule has 1 aliphatic heterocycles. The Balaban J connectivity index is 2.49. The Morgan fingerprint density at radius 1 is 1.29 bits per heavy atom. The van der Waals surface area contributed by atoms with Crippen molar-refractivity contribution in [2.45, 2.75) is 46.0 Å². The first-order valence-corrected chi connectivity index (χ1v) is 6.09. The van der Waals surface area contributed by atoms with Gasteiger partial charge in [-0.25, -0.2) is 0 Å². The van der Waals surface area contributed by atoms with Crippen molar-refractivity contribution in [2.75, 3.05) is 19.6 Å². The predicted molar refractivity (Wildman–Crippen MR) is 63.5 cm³/mol. The van der Waals surface area contributed by atoms with E-state index in [0.717, 1.165) is 0 Å². The van der Waals surface area contributed by atoms with Crippen molar-refractivity contribution in [3.05, 3.63) is 12.7 Å². The Morgan fingerprint density at radius 3 is 2.36 bits per heavy atom. The Kier molecular flexibility index (Phi) is 4.67. The quantitative estimate of drug-likeness (QED) is 0.607. The highest BCUT2D eigenvalue weighted by Gasteiger charge is 2.31. The molecule has 0 bridgehead atoms. The first-order chi connectivity index (χ1) is 6.76. The van der Waals surface area contributed by atoms with Gasteiger partial charge in [-0.15, -0.1) is 6.58 Å². The highest BCUT2D eigenvalue weighted by Crippen LogP contribution is 2.39. The van der Waals surface area contributed by atoms with E-state index in [1.807, 2.05) is 0 Å². The fourth-order valence-electron chi connectivity index (χ4n) is 2.74. The Labute approximate surface area is 89.2 Å². The number of likely N-dealkylation sites (tertiary alicyclic amines) is 1. The van der Waals surface area contributed by atoms with Crippen LogP contribution in [0.5, 0.6) is 0 Å². The number of hydrogen-bond donors (Lipinski definition) is 0. The molecule has 1 heteroatoms. The molecule has 0 aromatic rings. The van der Waals surface area contributed by atoms with Crippen LogP contribution in [0, 0.1) is 5.41 Å². The third-order valence-electron chi connectivity index (χ3n) is 3.72. The lowest BCUT2D eigenvalue weighted by molar-refractivity contribution is 0.100. The molecule has 0 aromatic carbocycles. The van der Waals surface area contributed by atoms with E-state index in [1.165, 1.54) is 51.7 Å². The minimum Gasteiger partial charge on any atom is -0.304 e. The molecule has 1 saturated heterocycles. The minimum absolute atomic E-state index is 0.599. The first-order valence-electron chi connectivity index (χ1n) is 6.09. The average Bonchev–Trinajstić information content (AvgIpc) is 2.20. The SMILES string of the molecule is C=CCC1(CCC)CCN(CC)CC1. The summed E-state index contributed by atoms with van der Waals surface area (Å²) in [7, 11) is 0. The zero-order chi connectivity index (χ0) is 10.4. The van der Waals surface area contributed by atoms with Gasteiger partial charge in [0.05, 0.1) is 0 Å². The lowest BCUT2D eigenvalue weighted by atomic mass is 9.72. The fraction of sp³-hybridized carbons (Fsp3) is 0.846. The Bertz CT molecular complexity index is 166. The van der Waals surface area contributed by atoms with E-state index in [2.05, 4.69) is 31.4 Å². The molecule has 0 radical (unpaired) electrons. The van der Waals surface area contributed by atoms with Crippen molar-refractivity contribution in [2.24, 2.45) is 5.41 Å². The zero-order valence-corrected chi connectivity index (χ0v) is 9.89. The molecule has 1 aliphatic rings. The predicted octanol–water partition coefficient (Wildman–Crippen LogP) is 3.46. The average molecular weight is 195 g/mol. The van der Waals surface area contributed by atoms with Crippen LogP contribution >= 0.6 is 0 Å². The van der Waals surface area contributed by atoms with E-state index >= 15 is 0 Å². The molecule has 1 nitrogen and oxygen atoms in total. The van der Waals surface area contributed by atoms with Gasteiger partial charge in [0.25, 0.3) is 0 Å². The Morgan fingerprint density at radius 2 is 1.93 bits per heavy atom. The van der Waals surface area contributed by atoms with Crippen molar-refractivity contribution in [1.82, 2.24) is 4.90 Å². The second-order valence-electron chi connectivity index (χ2n) is 4.68. The number of hydrogen-bond acceptors (Lipinski definition) is 1. The molecule has 0 aliphatic carbocycles. The molecule has 82 valence electrons. The van der Waals surface area contributed by atoms with Crippen LogP contribution in [0.15, 0.2) is 12.7 Å². The molecular weight excluding hydrogens is 170 g/mol. The summed E-state index contributed by atoms with van der Waals surface area (Å²) in [5.74, 6) is 0. The lowest BCUT2D eigenvalue weighted by Crippen LogP contribution is -2.39. The highest BCUT2D eigenvalue weighted by molar-refractivity contribution is 4.90. The standard InChI is InChI=1S/C13H25N/c1-4-7-13(8-5-2)9-11-14(6-3)12-10-13/h4H,1,5-12H2,2-3H3. The van der Waals surface area contributed by atoms with Gasteiger partial charge in [-0.1, -0.05) is 26.3 Å². The van der Waals surface area contributed by atoms with E-state index in [4.69, 9.17) is 0 Å². The van der Waals surface area contributed by atoms with Gasteiger partial charge in [0, 0.05) is 0 Å². The zero-order valence-electron chi connectivity index (χ0n) is 9.89. The van der Waals surface area contributed by atoms with E-state index in [1.54, 1.807) is 0 Å². The molecule has 0 N–H and O–H groups in total. The van der Waals surface area contributed by atoms with Crippen LogP contribution in [0.25, 0.3) is 0 Å². The largest absolute Gasteiger partial charge is 0.304 e. The lowest BCUT2D eigenvalue weighted by Gasteiger charge is -2.41. The van der Waals surface area contributed by atoms with Gasteiger partial charge in [0.2, 0.25) is 0 Å². The van der Waals surface area contributed by atoms with Crippen LogP contribution in [-0.2, 0) is 0 Å². The normalized spacial score (nSPS) is 22.1. The van der Waals surface area contributed by atoms with Gasteiger partial charge >= 0.3 is 0 Å². The third kappa shape index (κ3) is 2.84. The summed E-state index contributed by atoms with van der Waals surface area (Å²) < 4.78 is 0. The summed E-state index contributed by atoms with van der Waals surface area (Å²) in [6, 6.07) is 0. The first kappa shape index (κ1) is 11.8. The maximum Gasteiger partial charge on any atom is -0.00134 e. The van der Waals surface area contributed by atoms with E-state index in [0.29, 0.717) is 5.41 Å². The molecule has 0 spiro atoms. The van der Waals surface area contributed by atoms with Crippen LogP contribution in [0.1, 0.15) is 46.0 Å². The third-order valence-corrected chi connectivity index (χ3v) is 3.72. The number of piperidine rings is 1. The number of rotatable bonds is 5. The summed E-state index contributed by atoms with van der Waals surface area (Å²) in [4.78, 5) is 2.57. The van der Waals surface area contributed by atoms with E-state index in [-0.39, 0.29) is 0 Å². The minimum atomic E-state index is 0.599. The molecule has 1 fully saturated rings. The summed E-state index contributed by atoms with van der Waals surface area (Å²) in [6.45, 7) is 12.3. The summed E-state index contributed by atoms with van der Waals surface area (Å²) >= 11 is 0. The molecule has 0 aromatic heterocycles. The van der Waals surface area contributed by atoms with Crippen molar-refractivity contribution < 1.29 is 0 Å². The highest BCUT2D eigenvalue weighted by atomic mass is 15.1. The van der Waals surface area contributed by atoms with Crippen LogP contribution in [-0.4, -0.2) is 24.5 Å². The van der Waals surface area contributed by atoms with Crippen LogP contribution < -0.4 is 0 Å². The van der Waals surface area contributed by atoms with Gasteiger partial charge in [0.1, 0.15) is 0 Å². The molecule has 0 atom stereocenters. The monoisotopic (exact) mass is 195 g/mol. The van der Waals surface area contributed by atoms with Gasteiger partial charge in [-0.05, 0) is 50.7 Å². The Hall–Kier alpha value is -0.300. The van der Waals surface area contributed by atoms with Crippen molar-refractivity contribution in [3.8, 4) is 0 Å². The molecular formula is C13H25N. The summed E-state index contributed by atoms with van der Waals surface area (Å²) in [5.41, 5.74) is 0.599. The van der Waals surface area contributed by atoms with Gasteiger partial charge in [0.15, 0.2) is 0 Å². The van der Waals surface area contributed by atoms with E-state index < -0.39 is 0 Å². The maximum atomic E-state index is 3.91. The van der Waals surface area contributed by atoms with Crippen LogP contribution in [0.2, 0.25) is 0 Å². The maximum absolute atomic E-state index is 3.91. The topological polar surface area (TPSA) is 3.24 Å². The summed E-state index contributed by atoms with van der Waals surface area (Å²) in [5, 5.41) is 0. The second kappa shape index (κ2) is 5.55.